The van der Waals surface area contributed by atoms with Crippen molar-refractivity contribution in [3.63, 3.8) is 0 Å². The van der Waals surface area contributed by atoms with Gasteiger partial charge in [-0.2, -0.15) is 0 Å². The van der Waals surface area contributed by atoms with Gasteiger partial charge in [-0.15, -0.1) is 0 Å². The summed E-state index contributed by atoms with van der Waals surface area (Å²) in [6, 6.07) is 3.31. The molecule has 0 aromatic heterocycles. The summed E-state index contributed by atoms with van der Waals surface area (Å²) in [5.74, 6) is 0.241. The highest BCUT2D eigenvalue weighted by molar-refractivity contribution is 6.73. The second-order valence-corrected chi connectivity index (χ2v) is 11.5. The lowest BCUT2D eigenvalue weighted by atomic mass is 9.76. The summed E-state index contributed by atoms with van der Waals surface area (Å²) >= 11 is 0. The van der Waals surface area contributed by atoms with Crippen LogP contribution in [0.25, 0.3) is 0 Å². The van der Waals surface area contributed by atoms with Gasteiger partial charge in [0.25, 0.3) is 0 Å². The van der Waals surface area contributed by atoms with E-state index in [1.807, 2.05) is 12.2 Å². The molecule has 0 amide bonds. The van der Waals surface area contributed by atoms with E-state index in [-0.39, 0.29) is 17.3 Å². The van der Waals surface area contributed by atoms with Crippen molar-refractivity contribution in [2.45, 2.75) is 64.8 Å². The van der Waals surface area contributed by atoms with E-state index < -0.39 is 8.32 Å². The maximum absolute atomic E-state index is 13.0. The minimum absolute atomic E-state index is 0.0240. The van der Waals surface area contributed by atoms with Gasteiger partial charge in [0, 0.05) is 11.0 Å². The van der Waals surface area contributed by atoms with Gasteiger partial charge in [-0.05, 0) is 43.5 Å². The Hall–Kier alpha value is -0.933. The largest absolute Gasteiger partial charge is 0.406 e. The molecule has 1 saturated carbocycles. The molecule has 0 heterocycles. The minimum Gasteiger partial charge on any atom is -0.406 e. The molecule has 1 fully saturated rings. The Morgan fingerprint density at radius 1 is 1.24 bits per heavy atom. The van der Waals surface area contributed by atoms with Gasteiger partial charge in [0.15, 0.2) is 14.1 Å². The van der Waals surface area contributed by atoms with Crippen molar-refractivity contribution < 1.29 is 9.22 Å². The molecule has 1 spiro atoms. The van der Waals surface area contributed by atoms with Crippen molar-refractivity contribution in [3.8, 4) is 0 Å². The summed E-state index contributed by atoms with van der Waals surface area (Å²) < 4.78 is 6.68. The lowest BCUT2D eigenvalue weighted by Gasteiger charge is -2.40. The van der Waals surface area contributed by atoms with Crippen molar-refractivity contribution >= 4 is 14.1 Å². The Kier molecular flexibility index (Phi) is 3.61. The predicted molar refractivity (Wildman–Crippen MR) is 88.7 cm³/mol. The van der Waals surface area contributed by atoms with E-state index in [4.69, 9.17) is 4.43 Å². The molecule has 0 bridgehead atoms. The molecule has 0 aliphatic heterocycles. The molecule has 3 aliphatic carbocycles. The van der Waals surface area contributed by atoms with Gasteiger partial charge in [0.1, 0.15) is 6.10 Å². The predicted octanol–water partition coefficient (Wildman–Crippen LogP) is 4.55. The van der Waals surface area contributed by atoms with Gasteiger partial charge in [0.05, 0.1) is 0 Å². The molecular formula is C18H26O2Si. The van der Waals surface area contributed by atoms with E-state index in [0.717, 1.165) is 36.5 Å². The molecule has 0 N–H and O–H groups in total. The standard InChI is InChI=1S/C18H26O2Si/c1-5-21(6-2,7-3)20-17-16(19)15-10-8-9-14(15)13(4)18(17)11-12-18/h8-10,17H,5-7,11-12H2,1-4H3/t17-/m1/s1. The highest BCUT2D eigenvalue weighted by atomic mass is 28.4. The molecule has 3 heteroatoms. The zero-order valence-electron chi connectivity index (χ0n) is 13.7. The van der Waals surface area contributed by atoms with Gasteiger partial charge >= 0.3 is 0 Å². The summed E-state index contributed by atoms with van der Waals surface area (Å²) in [7, 11) is -1.76. The van der Waals surface area contributed by atoms with Crippen LogP contribution in [0.5, 0.6) is 0 Å². The number of carbonyl (C=O) groups excluding carboxylic acids is 1. The fraction of sp³-hybridized carbons (Fsp3) is 0.611. The first-order valence-electron chi connectivity index (χ1n) is 8.35. The second kappa shape index (κ2) is 5.06. The Balaban J connectivity index is 1.99. The maximum Gasteiger partial charge on any atom is 0.193 e. The third kappa shape index (κ3) is 2.05. The molecule has 1 atom stereocenters. The summed E-state index contributed by atoms with van der Waals surface area (Å²) in [6.07, 6.45) is 8.10. The van der Waals surface area contributed by atoms with E-state index in [1.54, 1.807) is 0 Å². The van der Waals surface area contributed by atoms with Crippen molar-refractivity contribution in [3.05, 3.63) is 34.9 Å². The number of fused-ring (bicyclic) bond motifs is 1. The van der Waals surface area contributed by atoms with Crippen LogP contribution in [0.1, 0.15) is 40.5 Å². The van der Waals surface area contributed by atoms with E-state index in [1.165, 1.54) is 11.1 Å². The smallest absolute Gasteiger partial charge is 0.193 e. The van der Waals surface area contributed by atoms with E-state index >= 15 is 0 Å². The number of carbonyl (C=O) groups is 1. The number of allylic oxidation sites excluding steroid dienone is 4. The monoisotopic (exact) mass is 302 g/mol. The third-order valence-corrected chi connectivity index (χ3v) is 10.7. The van der Waals surface area contributed by atoms with E-state index in [9.17, 15) is 4.79 Å². The van der Waals surface area contributed by atoms with Crippen LogP contribution < -0.4 is 0 Å². The van der Waals surface area contributed by atoms with Crippen LogP contribution in [-0.4, -0.2) is 20.2 Å². The Labute approximate surface area is 129 Å². The molecule has 2 nitrogen and oxygen atoms in total. The van der Waals surface area contributed by atoms with Gasteiger partial charge in [-0.25, -0.2) is 0 Å². The number of ketones is 1. The molecule has 3 rings (SSSR count). The van der Waals surface area contributed by atoms with Gasteiger partial charge in [-0.1, -0.05) is 44.6 Å². The lowest BCUT2D eigenvalue weighted by molar-refractivity contribution is -0.125. The molecule has 0 radical (unpaired) electrons. The molecule has 0 saturated heterocycles. The number of Topliss-reactive ketones (excluding diaryl/α,β-unsaturated/α-hetero) is 1. The summed E-state index contributed by atoms with van der Waals surface area (Å²) in [5.41, 5.74) is 3.48. The normalized spacial score (nSPS) is 26.4. The average molecular weight is 302 g/mol. The molecular weight excluding hydrogens is 276 g/mol. The van der Waals surface area contributed by atoms with Crippen LogP contribution >= 0.6 is 0 Å². The molecule has 114 valence electrons. The summed E-state index contributed by atoms with van der Waals surface area (Å²) in [4.78, 5) is 13.0. The first-order chi connectivity index (χ1) is 10.0. The fourth-order valence-electron chi connectivity index (χ4n) is 4.01. The molecule has 0 aromatic rings. The summed E-state index contributed by atoms with van der Waals surface area (Å²) in [6.45, 7) is 8.91. The molecule has 0 unspecified atom stereocenters. The highest BCUT2D eigenvalue weighted by Crippen LogP contribution is 2.61. The zero-order valence-corrected chi connectivity index (χ0v) is 14.7. The van der Waals surface area contributed by atoms with Crippen LogP contribution in [0.15, 0.2) is 34.9 Å². The van der Waals surface area contributed by atoms with Crippen LogP contribution in [0.3, 0.4) is 0 Å². The van der Waals surface area contributed by atoms with Crippen LogP contribution in [0, 0.1) is 5.41 Å². The Bertz CT molecular complexity index is 552. The zero-order chi connectivity index (χ0) is 15.3. The number of rotatable bonds is 5. The Morgan fingerprint density at radius 3 is 2.38 bits per heavy atom. The highest BCUT2D eigenvalue weighted by Gasteiger charge is 2.59. The fourth-order valence-corrected chi connectivity index (χ4v) is 6.84. The SMILES string of the molecule is CC[Si](CC)(CC)O[C@@H]1C(=O)C2=CC=CC2=C(C)C12CC2. The minimum atomic E-state index is -1.76. The molecule has 3 aliphatic rings. The van der Waals surface area contributed by atoms with Gasteiger partial charge in [-0.3, -0.25) is 4.79 Å². The van der Waals surface area contributed by atoms with E-state index in [2.05, 4.69) is 33.8 Å². The van der Waals surface area contributed by atoms with Crippen molar-refractivity contribution in [2.24, 2.45) is 5.41 Å². The topological polar surface area (TPSA) is 26.3 Å². The van der Waals surface area contributed by atoms with Crippen molar-refractivity contribution in [1.29, 1.82) is 0 Å². The third-order valence-electron chi connectivity index (χ3n) is 6.06. The first kappa shape index (κ1) is 15.0. The quantitative estimate of drug-likeness (QED) is 0.696. The maximum atomic E-state index is 13.0. The summed E-state index contributed by atoms with van der Waals surface area (Å²) in [5, 5.41) is 0. The van der Waals surface area contributed by atoms with Crippen LogP contribution in [-0.2, 0) is 9.22 Å². The molecule has 21 heavy (non-hydrogen) atoms. The van der Waals surface area contributed by atoms with Gasteiger partial charge in [0.2, 0.25) is 0 Å². The number of hydrogen-bond acceptors (Lipinski definition) is 2. The van der Waals surface area contributed by atoms with Gasteiger partial charge < -0.3 is 4.43 Å². The van der Waals surface area contributed by atoms with Crippen LogP contribution in [0.4, 0.5) is 0 Å². The average Bonchev–Trinajstić information content (AvgIpc) is 3.15. The Morgan fingerprint density at radius 2 is 1.86 bits per heavy atom. The number of hydrogen-bond donors (Lipinski definition) is 0. The lowest BCUT2D eigenvalue weighted by Crippen LogP contribution is -2.49. The first-order valence-corrected chi connectivity index (χ1v) is 10.9. The van der Waals surface area contributed by atoms with Crippen molar-refractivity contribution in [1.82, 2.24) is 0 Å². The molecule has 0 aromatic carbocycles. The van der Waals surface area contributed by atoms with Crippen molar-refractivity contribution in [2.75, 3.05) is 0 Å². The second-order valence-electron chi connectivity index (χ2n) is 6.74. The van der Waals surface area contributed by atoms with E-state index in [0.29, 0.717) is 0 Å². The van der Waals surface area contributed by atoms with Crippen LogP contribution in [0.2, 0.25) is 18.1 Å².